The van der Waals surface area contributed by atoms with Crippen molar-refractivity contribution in [2.75, 3.05) is 0 Å². The third-order valence-electron chi connectivity index (χ3n) is 5.24. The van der Waals surface area contributed by atoms with Crippen molar-refractivity contribution in [2.24, 2.45) is 0 Å². The molecule has 4 heteroatoms. The maximum absolute atomic E-state index is 14.6. The largest absolute Gasteiger partial charge is 0.326 e. The lowest BCUT2D eigenvalue weighted by molar-refractivity contribution is -0.137. The van der Waals surface area contributed by atoms with Gasteiger partial charge < -0.3 is 4.90 Å². The van der Waals surface area contributed by atoms with Gasteiger partial charge in [-0.25, -0.2) is 4.39 Å². The first-order valence-corrected chi connectivity index (χ1v) is 8.80. The number of rotatable bonds is 1. The number of carbonyl (C=O) groups is 1. The van der Waals surface area contributed by atoms with Crippen LogP contribution in [0.4, 0.5) is 4.39 Å². The molecule has 1 aliphatic rings. The zero-order chi connectivity index (χ0) is 18.5. The molecule has 4 rings (SSSR count). The molecule has 0 radical (unpaired) electrons. The van der Waals surface area contributed by atoms with Gasteiger partial charge in [0, 0.05) is 24.0 Å². The Labute approximate surface area is 152 Å². The van der Waals surface area contributed by atoms with E-state index in [4.69, 9.17) is 0 Å². The van der Waals surface area contributed by atoms with Crippen LogP contribution in [0.25, 0.3) is 10.9 Å². The molecular weight excluding hydrogens is 327 g/mol. The molecule has 0 saturated heterocycles. The van der Waals surface area contributed by atoms with Gasteiger partial charge in [-0.1, -0.05) is 30.3 Å². The van der Waals surface area contributed by atoms with Crippen molar-refractivity contribution >= 4 is 16.8 Å². The minimum Gasteiger partial charge on any atom is -0.326 e. The van der Waals surface area contributed by atoms with Gasteiger partial charge in [-0.2, -0.15) is 0 Å². The lowest BCUT2D eigenvalue weighted by Gasteiger charge is -2.48. The summed E-state index contributed by atoms with van der Waals surface area (Å²) in [6, 6.07) is 14.7. The van der Waals surface area contributed by atoms with Gasteiger partial charge in [0.25, 0.3) is 0 Å². The smallest absolute Gasteiger partial charge is 0.220 e. The van der Waals surface area contributed by atoms with Crippen LogP contribution in [0.15, 0.2) is 54.7 Å². The van der Waals surface area contributed by atoms with Gasteiger partial charge in [-0.3, -0.25) is 9.78 Å². The molecule has 0 fully saturated rings. The Kier molecular flexibility index (Phi) is 3.79. The summed E-state index contributed by atoms with van der Waals surface area (Å²) in [6.07, 6.45) is 2.30. The van der Waals surface area contributed by atoms with Crippen molar-refractivity contribution in [1.82, 2.24) is 9.88 Å². The van der Waals surface area contributed by atoms with Gasteiger partial charge in [-0.15, -0.1) is 0 Å². The maximum atomic E-state index is 14.6. The van der Waals surface area contributed by atoms with E-state index >= 15 is 0 Å². The van der Waals surface area contributed by atoms with E-state index in [2.05, 4.69) is 11.1 Å². The molecule has 0 bridgehead atoms. The number of benzene rings is 2. The van der Waals surface area contributed by atoms with Crippen LogP contribution in [0.1, 0.15) is 43.5 Å². The van der Waals surface area contributed by atoms with Crippen LogP contribution in [-0.4, -0.2) is 21.3 Å². The van der Waals surface area contributed by atoms with E-state index in [9.17, 15) is 9.18 Å². The van der Waals surface area contributed by atoms with E-state index in [-0.39, 0.29) is 17.8 Å². The van der Waals surface area contributed by atoms with Gasteiger partial charge in [0.15, 0.2) is 0 Å². The second kappa shape index (κ2) is 5.90. The number of halogens is 1. The molecule has 0 spiro atoms. The van der Waals surface area contributed by atoms with Crippen LogP contribution < -0.4 is 0 Å². The number of hydrogen-bond acceptors (Lipinski definition) is 2. The van der Waals surface area contributed by atoms with E-state index in [0.717, 1.165) is 22.0 Å². The molecule has 1 unspecified atom stereocenters. The summed E-state index contributed by atoms with van der Waals surface area (Å²) >= 11 is 0. The van der Waals surface area contributed by atoms with Crippen molar-refractivity contribution in [2.45, 2.75) is 38.8 Å². The number of hydrogen-bond donors (Lipinski definition) is 0. The van der Waals surface area contributed by atoms with Gasteiger partial charge in [0.05, 0.1) is 11.6 Å². The molecule has 1 aliphatic heterocycles. The molecular formula is C22H21FN2O. The van der Waals surface area contributed by atoms with E-state index in [1.165, 1.54) is 6.07 Å². The molecule has 0 N–H and O–H groups in total. The first kappa shape index (κ1) is 16.7. The average molecular weight is 348 g/mol. The van der Waals surface area contributed by atoms with Crippen molar-refractivity contribution in [3.63, 3.8) is 0 Å². The Balaban J connectivity index is 1.98. The van der Waals surface area contributed by atoms with E-state index in [1.54, 1.807) is 19.2 Å². The standard InChI is InChI=1S/C22H21FN2O/c1-14(26)25-21(16-11-15-7-4-5-10-20(15)24-13-16)17-8-6-9-19(23)18(17)12-22(25,2)3/h4-11,13,21H,12H2,1-3H3. The summed E-state index contributed by atoms with van der Waals surface area (Å²) < 4.78 is 14.6. The fourth-order valence-electron chi connectivity index (χ4n) is 4.20. The molecule has 0 saturated carbocycles. The highest BCUT2D eigenvalue weighted by Crippen LogP contribution is 2.43. The summed E-state index contributed by atoms with van der Waals surface area (Å²) in [7, 11) is 0. The van der Waals surface area contributed by atoms with Crippen molar-refractivity contribution < 1.29 is 9.18 Å². The Hall–Kier alpha value is -2.75. The predicted octanol–water partition coefficient (Wildman–Crippen LogP) is 4.65. The Morgan fingerprint density at radius 1 is 1.19 bits per heavy atom. The highest BCUT2D eigenvalue weighted by atomic mass is 19.1. The van der Waals surface area contributed by atoms with E-state index in [0.29, 0.717) is 12.0 Å². The molecule has 3 nitrogen and oxygen atoms in total. The first-order valence-electron chi connectivity index (χ1n) is 8.80. The number of aromatic nitrogens is 1. The number of nitrogens with zero attached hydrogens (tertiary/aromatic N) is 2. The van der Waals surface area contributed by atoms with E-state index in [1.807, 2.05) is 49.1 Å². The van der Waals surface area contributed by atoms with Gasteiger partial charge in [-0.05, 0) is 55.2 Å². The van der Waals surface area contributed by atoms with Crippen molar-refractivity contribution in [3.05, 3.63) is 77.2 Å². The maximum Gasteiger partial charge on any atom is 0.220 e. The summed E-state index contributed by atoms with van der Waals surface area (Å²) in [5.41, 5.74) is 2.85. The second-order valence-corrected chi connectivity index (χ2v) is 7.55. The minimum absolute atomic E-state index is 0.0249. The number of carbonyl (C=O) groups excluding carboxylic acids is 1. The third-order valence-corrected chi connectivity index (χ3v) is 5.24. The van der Waals surface area contributed by atoms with E-state index < -0.39 is 5.54 Å². The predicted molar refractivity (Wildman–Crippen MR) is 100 cm³/mol. The summed E-state index contributed by atoms with van der Waals surface area (Å²) in [6.45, 7) is 5.56. The van der Waals surface area contributed by atoms with Crippen molar-refractivity contribution in [3.8, 4) is 0 Å². The molecule has 1 amide bonds. The minimum atomic E-state index is -0.489. The first-order chi connectivity index (χ1) is 12.4. The number of fused-ring (bicyclic) bond motifs is 2. The second-order valence-electron chi connectivity index (χ2n) is 7.55. The molecule has 2 aromatic carbocycles. The number of pyridine rings is 1. The highest BCUT2D eigenvalue weighted by Gasteiger charge is 2.42. The summed E-state index contributed by atoms with van der Waals surface area (Å²) in [4.78, 5) is 19.0. The lowest BCUT2D eigenvalue weighted by atomic mass is 9.79. The Bertz CT molecular complexity index is 1010. The van der Waals surface area contributed by atoms with Crippen LogP contribution in [0, 0.1) is 5.82 Å². The Morgan fingerprint density at radius 2 is 1.96 bits per heavy atom. The lowest BCUT2D eigenvalue weighted by Crippen LogP contribution is -2.53. The summed E-state index contributed by atoms with van der Waals surface area (Å²) in [5.74, 6) is -0.236. The zero-order valence-corrected chi connectivity index (χ0v) is 15.2. The third kappa shape index (κ3) is 2.57. The molecule has 0 aliphatic carbocycles. The molecule has 26 heavy (non-hydrogen) atoms. The quantitative estimate of drug-likeness (QED) is 0.641. The zero-order valence-electron chi connectivity index (χ0n) is 15.2. The van der Waals surface area contributed by atoms with Crippen molar-refractivity contribution in [1.29, 1.82) is 0 Å². The normalized spacial score (nSPS) is 18.6. The van der Waals surface area contributed by atoms with Gasteiger partial charge in [0.2, 0.25) is 5.91 Å². The number of para-hydroxylation sites is 1. The highest BCUT2D eigenvalue weighted by molar-refractivity contribution is 5.80. The van der Waals surface area contributed by atoms with Gasteiger partial charge in [0.1, 0.15) is 5.82 Å². The SMILES string of the molecule is CC(=O)N1C(c2cnc3ccccc3c2)c2cccc(F)c2CC1(C)C. The molecule has 1 aromatic heterocycles. The molecule has 132 valence electrons. The molecule has 1 atom stereocenters. The Morgan fingerprint density at radius 3 is 2.73 bits per heavy atom. The average Bonchev–Trinajstić information content (AvgIpc) is 2.60. The molecule has 2 heterocycles. The van der Waals surface area contributed by atoms with Crippen LogP contribution in [0.3, 0.4) is 0 Å². The van der Waals surface area contributed by atoms with Crippen LogP contribution in [-0.2, 0) is 11.2 Å². The van der Waals surface area contributed by atoms with Gasteiger partial charge >= 0.3 is 0 Å². The van der Waals surface area contributed by atoms with Crippen LogP contribution in [0.5, 0.6) is 0 Å². The fourth-order valence-corrected chi connectivity index (χ4v) is 4.20. The summed E-state index contributed by atoms with van der Waals surface area (Å²) in [5, 5.41) is 1.01. The topological polar surface area (TPSA) is 33.2 Å². The number of amides is 1. The fraction of sp³-hybridized carbons (Fsp3) is 0.273. The monoisotopic (exact) mass is 348 g/mol. The van der Waals surface area contributed by atoms with Crippen LogP contribution in [0.2, 0.25) is 0 Å². The molecule has 3 aromatic rings. The van der Waals surface area contributed by atoms with Crippen LogP contribution >= 0.6 is 0 Å².